The summed E-state index contributed by atoms with van der Waals surface area (Å²) in [6, 6.07) is 39.6. The summed E-state index contributed by atoms with van der Waals surface area (Å²) in [5, 5.41) is 0. The third-order valence-corrected chi connectivity index (χ3v) is 8.60. The number of carbonyl (C=O) groups is 2. The second-order valence-electron chi connectivity index (χ2n) is 12.5. The Labute approximate surface area is 312 Å². The van der Waals surface area contributed by atoms with E-state index in [1.54, 1.807) is 0 Å². The minimum absolute atomic E-state index is 0.137. The summed E-state index contributed by atoms with van der Waals surface area (Å²) < 4.78 is 21.6. The van der Waals surface area contributed by atoms with E-state index >= 15 is 0 Å². The number of aryl methyl sites for hydroxylation is 3. The van der Waals surface area contributed by atoms with Gasteiger partial charge >= 0.3 is 11.9 Å². The Bertz CT molecular complexity index is 2030. The van der Waals surface area contributed by atoms with Crippen molar-refractivity contribution in [2.24, 2.45) is 0 Å². The molecular formula is C46H45NO6. The molecule has 270 valence electrons. The lowest BCUT2D eigenvalue weighted by Gasteiger charge is -2.26. The van der Waals surface area contributed by atoms with Crippen LogP contribution in [0.5, 0.6) is 11.5 Å². The number of hydrogen-bond donors (Lipinski definition) is 0. The molecule has 0 atom stereocenters. The van der Waals surface area contributed by atoms with Gasteiger partial charge in [0, 0.05) is 29.2 Å². The van der Waals surface area contributed by atoms with Gasteiger partial charge in [0.2, 0.25) is 0 Å². The van der Waals surface area contributed by atoms with Crippen LogP contribution in [0.3, 0.4) is 0 Å². The number of nitrogens with zero attached hydrogens (tertiary/aromatic N) is 1. The first kappa shape index (κ1) is 37.9. The molecule has 5 aromatic rings. The highest BCUT2D eigenvalue weighted by molar-refractivity contribution is 5.84. The molecule has 0 radical (unpaired) electrons. The Morgan fingerprint density at radius 1 is 0.585 bits per heavy atom. The second kappa shape index (κ2) is 18.8. The molecule has 5 aromatic carbocycles. The van der Waals surface area contributed by atoms with Gasteiger partial charge in [-0.1, -0.05) is 79.4 Å². The number of ether oxygens (including phenoxy) is 4. The van der Waals surface area contributed by atoms with Crippen LogP contribution in [0.2, 0.25) is 0 Å². The molecule has 7 heteroatoms. The number of allylic oxidation sites excluding steroid dienone is 1. The van der Waals surface area contributed by atoms with E-state index in [9.17, 15) is 9.59 Å². The molecule has 0 N–H and O–H groups in total. The highest BCUT2D eigenvalue weighted by Crippen LogP contribution is 2.36. The molecule has 0 aliphatic carbocycles. The summed E-state index contributed by atoms with van der Waals surface area (Å²) in [5.41, 5.74) is 11.3. The van der Waals surface area contributed by atoms with Gasteiger partial charge in [-0.05, 0) is 121 Å². The van der Waals surface area contributed by atoms with Crippen LogP contribution in [0.15, 0.2) is 141 Å². The lowest BCUT2D eigenvalue weighted by Crippen LogP contribution is -2.10. The average Bonchev–Trinajstić information content (AvgIpc) is 3.18. The molecule has 0 spiro atoms. The zero-order valence-electron chi connectivity index (χ0n) is 30.5. The van der Waals surface area contributed by atoms with Gasteiger partial charge in [0.05, 0.1) is 0 Å². The lowest BCUT2D eigenvalue weighted by molar-refractivity contribution is -0.139. The minimum atomic E-state index is -0.478. The Hall–Kier alpha value is -6.34. The largest absolute Gasteiger partial charge is 0.490 e. The highest BCUT2D eigenvalue weighted by atomic mass is 16.6. The van der Waals surface area contributed by atoms with E-state index in [0.29, 0.717) is 17.9 Å². The van der Waals surface area contributed by atoms with Crippen LogP contribution in [0.25, 0.3) is 11.6 Å². The van der Waals surface area contributed by atoms with Crippen molar-refractivity contribution < 1.29 is 28.5 Å². The monoisotopic (exact) mass is 707 g/mol. The van der Waals surface area contributed by atoms with Gasteiger partial charge < -0.3 is 23.8 Å². The van der Waals surface area contributed by atoms with Crippen molar-refractivity contribution in [1.82, 2.24) is 0 Å². The summed E-state index contributed by atoms with van der Waals surface area (Å²) in [4.78, 5) is 24.9. The smallest absolute Gasteiger partial charge is 0.330 e. The summed E-state index contributed by atoms with van der Waals surface area (Å²) in [6.45, 7) is 14.0. The van der Waals surface area contributed by atoms with E-state index in [-0.39, 0.29) is 26.4 Å². The van der Waals surface area contributed by atoms with Crippen molar-refractivity contribution in [2.45, 2.75) is 27.2 Å². The van der Waals surface area contributed by atoms with Crippen LogP contribution in [-0.4, -0.2) is 38.4 Å². The molecule has 0 saturated heterocycles. The number of esters is 2. The zero-order chi connectivity index (χ0) is 37.6. The number of anilines is 3. The summed E-state index contributed by atoms with van der Waals surface area (Å²) in [6.07, 6.45) is 5.13. The van der Waals surface area contributed by atoms with Gasteiger partial charge in [-0.3, -0.25) is 0 Å². The van der Waals surface area contributed by atoms with E-state index in [1.165, 1.54) is 16.7 Å². The molecule has 0 heterocycles. The van der Waals surface area contributed by atoms with E-state index in [0.717, 1.165) is 51.5 Å². The third kappa shape index (κ3) is 11.1. The number of carbonyl (C=O) groups excluding carboxylic acids is 2. The standard InChI is InChI=1S/C46H45NO6/c1-6-45(48)52-28-26-50-43-22-13-37(14-23-43)32-39(38-15-24-44(25-16-38)51-27-29-53-46(49)7-2)31-36-11-20-41(21-12-36)47(40-17-8-33(3)9-18-40)42-19-10-34(4)35(5)30-42/h6-25,30-31H,1-2,26-29,32H2,3-5H3. The van der Waals surface area contributed by atoms with Crippen molar-refractivity contribution in [3.05, 3.63) is 174 Å². The molecule has 0 aromatic heterocycles. The van der Waals surface area contributed by atoms with Crippen molar-refractivity contribution >= 4 is 40.6 Å². The van der Waals surface area contributed by atoms with E-state index in [1.807, 2.05) is 48.5 Å². The maximum Gasteiger partial charge on any atom is 0.330 e. The maximum atomic E-state index is 11.3. The van der Waals surface area contributed by atoms with Crippen molar-refractivity contribution in [1.29, 1.82) is 0 Å². The van der Waals surface area contributed by atoms with E-state index in [2.05, 4.69) is 112 Å². The second-order valence-corrected chi connectivity index (χ2v) is 12.5. The Balaban J connectivity index is 1.40. The van der Waals surface area contributed by atoms with E-state index in [4.69, 9.17) is 18.9 Å². The Morgan fingerprint density at radius 2 is 1.09 bits per heavy atom. The highest BCUT2D eigenvalue weighted by Gasteiger charge is 2.14. The normalized spacial score (nSPS) is 11.0. The van der Waals surface area contributed by atoms with Crippen molar-refractivity contribution in [3.8, 4) is 11.5 Å². The minimum Gasteiger partial charge on any atom is -0.490 e. The van der Waals surface area contributed by atoms with Crippen LogP contribution >= 0.6 is 0 Å². The summed E-state index contributed by atoms with van der Waals surface area (Å²) in [5.74, 6) is 0.409. The molecule has 53 heavy (non-hydrogen) atoms. The zero-order valence-corrected chi connectivity index (χ0v) is 30.5. The predicted molar refractivity (Wildman–Crippen MR) is 213 cm³/mol. The Morgan fingerprint density at radius 3 is 1.62 bits per heavy atom. The molecule has 0 amide bonds. The van der Waals surface area contributed by atoms with Crippen LogP contribution in [-0.2, 0) is 25.5 Å². The SMILES string of the molecule is C=CC(=O)OCCOc1ccc(CC(=Cc2ccc(N(c3ccc(C)cc3)c3ccc(C)c(C)c3)cc2)c2ccc(OCCOC(=O)C=C)cc2)cc1. The number of benzene rings is 5. The summed E-state index contributed by atoms with van der Waals surface area (Å²) >= 11 is 0. The quantitative estimate of drug-likeness (QED) is 0.0412. The van der Waals surface area contributed by atoms with E-state index < -0.39 is 11.9 Å². The fraction of sp³-hybridized carbons (Fsp3) is 0.174. The predicted octanol–water partition coefficient (Wildman–Crippen LogP) is 10.1. The molecule has 0 saturated carbocycles. The molecule has 0 bridgehead atoms. The third-order valence-electron chi connectivity index (χ3n) is 8.60. The van der Waals surface area contributed by atoms with Gasteiger partial charge in [-0.15, -0.1) is 0 Å². The fourth-order valence-electron chi connectivity index (χ4n) is 5.57. The van der Waals surface area contributed by atoms with Gasteiger partial charge in [0.25, 0.3) is 0 Å². The topological polar surface area (TPSA) is 74.3 Å². The molecule has 5 rings (SSSR count). The number of rotatable bonds is 17. The first-order valence-corrected chi connectivity index (χ1v) is 17.5. The Kier molecular flexibility index (Phi) is 13.4. The molecule has 0 aliphatic heterocycles. The van der Waals surface area contributed by atoms with Crippen LogP contribution < -0.4 is 14.4 Å². The van der Waals surface area contributed by atoms with Crippen molar-refractivity contribution in [2.75, 3.05) is 31.3 Å². The molecule has 0 unspecified atom stereocenters. The first-order chi connectivity index (χ1) is 25.7. The number of hydrogen-bond acceptors (Lipinski definition) is 7. The van der Waals surface area contributed by atoms with Crippen LogP contribution in [0.4, 0.5) is 17.1 Å². The van der Waals surface area contributed by atoms with Gasteiger partial charge in [0.15, 0.2) is 0 Å². The van der Waals surface area contributed by atoms with Gasteiger partial charge in [0.1, 0.15) is 37.9 Å². The fourth-order valence-corrected chi connectivity index (χ4v) is 5.57. The van der Waals surface area contributed by atoms with Gasteiger partial charge in [-0.25, -0.2) is 9.59 Å². The molecule has 7 nitrogen and oxygen atoms in total. The van der Waals surface area contributed by atoms with Crippen LogP contribution in [0, 0.1) is 20.8 Å². The molecular weight excluding hydrogens is 663 g/mol. The average molecular weight is 708 g/mol. The molecule has 0 fully saturated rings. The van der Waals surface area contributed by atoms with Crippen molar-refractivity contribution in [3.63, 3.8) is 0 Å². The molecule has 0 aliphatic rings. The van der Waals surface area contributed by atoms with Gasteiger partial charge in [-0.2, -0.15) is 0 Å². The lowest BCUT2D eigenvalue weighted by atomic mass is 9.95. The van der Waals surface area contributed by atoms with Crippen LogP contribution in [0.1, 0.15) is 33.4 Å². The maximum absolute atomic E-state index is 11.3. The summed E-state index contributed by atoms with van der Waals surface area (Å²) in [7, 11) is 0. The first-order valence-electron chi connectivity index (χ1n) is 17.5.